The van der Waals surface area contributed by atoms with Crippen LogP contribution in [0.2, 0.25) is 0 Å². The Bertz CT molecular complexity index is 417. The number of aliphatic hydroxyl groups excluding tert-OH is 1. The van der Waals surface area contributed by atoms with Gasteiger partial charge >= 0.3 is 0 Å². The summed E-state index contributed by atoms with van der Waals surface area (Å²) in [5, 5.41) is 8.76. The van der Waals surface area contributed by atoms with Gasteiger partial charge in [-0.25, -0.2) is 0 Å². The van der Waals surface area contributed by atoms with Crippen molar-refractivity contribution >= 4 is 11.6 Å². The van der Waals surface area contributed by atoms with Gasteiger partial charge in [-0.05, 0) is 36.6 Å². The molecule has 2 rings (SSSR count). The molecule has 1 aromatic rings. The monoisotopic (exact) mass is 235 g/mol. The minimum atomic E-state index is -0.114. The van der Waals surface area contributed by atoms with Crippen molar-refractivity contribution in [2.24, 2.45) is 0 Å². The summed E-state index contributed by atoms with van der Waals surface area (Å²) in [6.07, 6.45) is 2.17. The van der Waals surface area contributed by atoms with Gasteiger partial charge in [-0.1, -0.05) is 0 Å². The number of ether oxygens (including phenoxy) is 1. The number of nitrogens with zero attached hydrogens (tertiary/aromatic N) is 1. The Morgan fingerprint density at radius 1 is 1.53 bits per heavy atom. The number of fused-ring (bicyclic) bond motifs is 1. The third-order valence-corrected chi connectivity index (χ3v) is 2.98. The van der Waals surface area contributed by atoms with Crippen LogP contribution in [-0.4, -0.2) is 31.3 Å². The first-order valence-corrected chi connectivity index (χ1v) is 5.85. The Hall–Kier alpha value is -1.55. The predicted molar refractivity (Wildman–Crippen MR) is 65.4 cm³/mol. The van der Waals surface area contributed by atoms with Gasteiger partial charge < -0.3 is 14.7 Å². The molecule has 0 saturated carbocycles. The van der Waals surface area contributed by atoms with E-state index in [4.69, 9.17) is 9.84 Å². The highest BCUT2D eigenvalue weighted by molar-refractivity contribution is 5.93. The third kappa shape index (κ3) is 2.58. The topological polar surface area (TPSA) is 49.8 Å². The molecular weight excluding hydrogens is 218 g/mol. The summed E-state index contributed by atoms with van der Waals surface area (Å²) in [7, 11) is 1.73. The van der Waals surface area contributed by atoms with E-state index in [0.717, 1.165) is 36.4 Å². The van der Waals surface area contributed by atoms with Crippen molar-refractivity contribution in [2.75, 3.05) is 25.2 Å². The maximum Gasteiger partial charge on any atom is 0.229 e. The summed E-state index contributed by atoms with van der Waals surface area (Å²) < 4.78 is 5.52. The molecule has 1 aliphatic rings. The van der Waals surface area contributed by atoms with Gasteiger partial charge in [0.15, 0.2) is 0 Å². The van der Waals surface area contributed by atoms with Crippen LogP contribution in [0, 0.1) is 0 Å². The fourth-order valence-electron chi connectivity index (χ4n) is 1.96. The van der Waals surface area contributed by atoms with Crippen LogP contribution in [0.5, 0.6) is 5.75 Å². The summed E-state index contributed by atoms with van der Waals surface area (Å²) in [6, 6.07) is 5.77. The maximum atomic E-state index is 11.6. The van der Waals surface area contributed by atoms with Crippen LogP contribution in [0.4, 0.5) is 5.69 Å². The average molecular weight is 235 g/mol. The van der Waals surface area contributed by atoms with Gasteiger partial charge in [-0.2, -0.15) is 0 Å². The molecule has 1 amide bonds. The van der Waals surface area contributed by atoms with Gasteiger partial charge in [0.2, 0.25) is 5.91 Å². The molecule has 1 N–H and O–H groups in total. The number of aryl methyl sites for hydroxylation is 1. The largest absolute Gasteiger partial charge is 0.493 e. The predicted octanol–water partition coefficient (Wildman–Crippen LogP) is 1.36. The standard InChI is InChI=1S/C13H17NO3/c1-14(13(16)6-7-15)11-4-5-12-10(9-11)3-2-8-17-12/h4-5,9,15H,2-3,6-8H2,1H3. The van der Waals surface area contributed by atoms with Crippen molar-refractivity contribution < 1.29 is 14.6 Å². The molecule has 1 aliphatic heterocycles. The summed E-state index contributed by atoms with van der Waals surface area (Å²) in [4.78, 5) is 13.2. The fourth-order valence-corrected chi connectivity index (χ4v) is 1.96. The number of benzene rings is 1. The van der Waals surface area contributed by atoms with Crippen molar-refractivity contribution in [1.29, 1.82) is 0 Å². The van der Waals surface area contributed by atoms with Crippen molar-refractivity contribution in [3.8, 4) is 5.75 Å². The molecule has 0 aromatic heterocycles. The Morgan fingerprint density at radius 2 is 2.35 bits per heavy atom. The normalized spacial score (nSPS) is 13.8. The lowest BCUT2D eigenvalue weighted by Gasteiger charge is -2.22. The van der Waals surface area contributed by atoms with Crippen molar-refractivity contribution in [3.05, 3.63) is 23.8 Å². The molecule has 17 heavy (non-hydrogen) atoms. The molecule has 0 unspecified atom stereocenters. The first-order valence-electron chi connectivity index (χ1n) is 5.85. The second-order valence-corrected chi connectivity index (χ2v) is 4.17. The second kappa shape index (κ2) is 5.19. The summed E-state index contributed by atoms with van der Waals surface area (Å²) >= 11 is 0. The van der Waals surface area contributed by atoms with Gasteiger partial charge in [-0.3, -0.25) is 4.79 Å². The van der Waals surface area contributed by atoms with Crippen LogP contribution in [0.1, 0.15) is 18.4 Å². The lowest BCUT2D eigenvalue weighted by molar-refractivity contribution is -0.118. The molecule has 0 atom stereocenters. The van der Waals surface area contributed by atoms with Crippen LogP contribution in [0.15, 0.2) is 18.2 Å². The summed E-state index contributed by atoms with van der Waals surface area (Å²) in [5.41, 5.74) is 2.00. The van der Waals surface area contributed by atoms with Crippen LogP contribution in [0.25, 0.3) is 0 Å². The van der Waals surface area contributed by atoms with E-state index in [1.807, 2.05) is 18.2 Å². The number of carbonyl (C=O) groups is 1. The molecule has 4 nitrogen and oxygen atoms in total. The molecule has 0 fully saturated rings. The van der Waals surface area contributed by atoms with Crippen molar-refractivity contribution in [1.82, 2.24) is 0 Å². The zero-order chi connectivity index (χ0) is 12.3. The van der Waals surface area contributed by atoms with Crippen molar-refractivity contribution in [3.63, 3.8) is 0 Å². The van der Waals surface area contributed by atoms with E-state index < -0.39 is 0 Å². The fraction of sp³-hybridized carbons (Fsp3) is 0.462. The lowest BCUT2D eigenvalue weighted by atomic mass is 10.1. The smallest absolute Gasteiger partial charge is 0.229 e. The van der Waals surface area contributed by atoms with Gasteiger partial charge in [-0.15, -0.1) is 0 Å². The Balaban J connectivity index is 2.18. The zero-order valence-corrected chi connectivity index (χ0v) is 9.98. The van der Waals surface area contributed by atoms with Crippen LogP contribution < -0.4 is 9.64 Å². The average Bonchev–Trinajstić information content (AvgIpc) is 2.37. The molecule has 4 heteroatoms. The number of hydrogen-bond donors (Lipinski definition) is 1. The number of aliphatic hydroxyl groups is 1. The highest BCUT2D eigenvalue weighted by atomic mass is 16.5. The van der Waals surface area contributed by atoms with Gasteiger partial charge in [0, 0.05) is 12.7 Å². The van der Waals surface area contributed by atoms with E-state index in [-0.39, 0.29) is 18.9 Å². The number of carbonyl (C=O) groups excluding carboxylic acids is 1. The molecule has 1 aromatic carbocycles. The van der Waals surface area contributed by atoms with Crippen LogP contribution in [-0.2, 0) is 11.2 Å². The second-order valence-electron chi connectivity index (χ2n) is 4.17. The van der Waals surface area contributed by atoms with E-state index in [1.54, 1.807) is 11.9 Å². The minimum Gasteiger partial charge on any atom is -0.493 e. The zero-order valence-electron chi connectivity index (χ0n) is 9.98. The Kier molecular flexibility index (Phi) is 3.64. The number of hydrogen-bond acceptors (Lipinski definition) is 3. The van der Waals surface area contributed by atoms with E-state index in [2.05, 4.69) is 0 Å². The molecule has 0 spiro atoms. The Labute approximate surface area is 101 Å². The van der Waals surface area contributed by atoms with E-state index in [9.17, 15) is 4.79 Å². The minimum absolute atomic E-state index is 0.0795. The third-order valence-electron chi connectivity index (χ3n) is 2.98. The summed E-state index contributed by atoms with van der Waals surface area (Å²) in [6.45, 7) is 0.656. The maximum absolute atomic E-state index is 11.6. The number of amides is 1. The molecular formula is C13H17NO3. The molecule has 0 saturated heterocycles. The van der Waals surface area contributed by atoms with Crippen LogP contribution >= 0.6 is 0 Å². The molecule has 0 aliphatic carbocycles. The van der Waals surface area contributed by atoms with Crippen molar-refractivity contribution in [2.45, 2.75) is 19.3 Å². The molecule has 0 radical (unpaired) electrons. The Morgan fingerprint density at radius 3 is 3.12 bits per heavy atom. The van der Waals surface area contributed by atoms with Crippen LogP contribution in [0.3, 0.4) is 0 Å². The highest BCUT2D eigenvalue weighted by Gasteiger charge is 2.14. The quantitative estimate of drug-likeness (QED) is 0.860. The van der Waals surface area contributed by atoms with Gasteiger partial charge in [0.05, 0.1) is 19.6 Å². The number of anilines is 1. The first kappa shape index (κ1) is 11.9. The lowest BCUT2D eigenvalue weighted by Crippen LogP contribution is -2.27. The number of rotatable bonds is 3. The summed E-state index contributed by atoms with van der Waals surface area (Å²) in [5.74, 6) is 0.840. The van der Waals surface area contributed by atoms with Gasteiger partial charge in [0.1, 0.15) is 5.75 Å². The van der Waals surface area contributed by atoms with E-state index >= 15 is 0 Å². The van der Waals surface area contributed by atoms with Gasteiger partial charge in [0.25, 0.3) is 0 Å². The molecule has 92 valence electrons. The SMILES string of the molecule is CN(C(=O)CCO)c1ccc2c(c1)CCCO2. The molecule has 1 heterocycles. The van der Waals surface area contributed by atoms with E-state index in [1.165, 1.54) is 0 Å². The first-order chi connectivity index (χ1) is 8.22. The highest BCUT2D eigenvalue weighted by Crippen LogP contribution is 2.28. The molecule has 0 bridgehead atoms. The van der Waals surface area contributed by atoms with E-state index in [0.29, 0.717) is 0 Å².